The molecule has 1 atom stereocenters. The molecule has 0 unspecified atom stereocenters. The van der Waals surface area contributed by atoms with E-state index >= 15 is 0 Å². The van der Waals surface area contributed by atoms with Crippen LogP contribution in [0.15, 0.2) is 28.7 Å². The molecular weight excluding hydrogens is 356 g/mol. The van der Waals surface area contributed by atoms with Crippen molar-refractivity contribution in [3.05, 3.63) is 28.7 Å². The van der Waals surface area contributed by atoms with Gasteiger partial charge in [0.2, 0.25) is 5.91 Å². The van der Waals surface area contributed by atoms with Gasteiger partial charge in [-0.05, 0) is 43.7 Å². The Morgan fingerprint density at radius 3 is 2.71 bits per heavy atom. The van der Waals surface area contributed by atoms with Crippen molar-refractivity contribution in [3.8, 4) is 5.75 Å². The SMILES string of the molecule is CN(CCOc1ccc(Br)cc1)C(=O)[C@H]1CCCCN1.Cl. The highest BCUT2D eigenvalue weighted by molar-refractivity contribution is 9.10. The molecule has 1 fully saturated rings. The molecule has 118 valence electrons. The number of amides is 1. The zero-order valence-electron chi connectivity index (χ0n) is 12.2. The van der Waals surface area contributed by atoms with Crippen molar-refractivity contribution >= 4 is 34.2 Å². The maximum atomic E-state index is 12.2. The number of halogens is 2. The monoisotopic (exact) mass is 376 g/mol. The van der Waals surface area contributed by atoms with Gasteiger partial charge < -0.3 is 15.0 Å². The Labute approximate surface area is 140 Å². The molecule has 1 aliphatic heterocycles. The Kier molecular flexibility index (Phi) is 8.07. The van der Waals surface area contributed by atoms with Gasteiger partial charge in [-0.3, -0.25) is 4.79 Å². The minimum atomic E-state index is -0.0126. The van der Waals surface area contributed by atoms with Gasteiger partial charge in [-0.1, -0.05) is 22.4 Å². The summed E-state index contributed by atoms with van der Waals surface area (Å²) in [5.41, 5.74) is 0. The van der Waals surface area contributed by atoms with Crippen LogP contribution in [0.3, 0.4) is 0 Å². The molecule has 4 nitrogen and oxygen atoms in total. The van der Waals surface area contributed by atoms with E-state index in [4.69, 9.17) is 4.74 Å². The van der Waals surface area contributed by atoms with Crippen LogP contribution < -0.4 is 10.1 Å². The number of hydrogen-bond acceptors (Lipinski definition) is 3. The number of benzene rings is 1. The summed E-state index contributed by atoms with van der Waals surface area (Å²) in [6, 6.07) is 7.69. The van der Waals surface area contributed by atoms with E-state index in [2.05, 4.69) is 21.2 Å². The smallest absolute Gasteiger partial charge is 0.239 e. The Balaban J connectivity index is 0.00000220. The molecule has 0 radical (unpaired) electrons. The lowest BCUT2D eigenvalue weighted by Crippen LogP contribution is -2.48. The van der Waals surface area contributed by atoms with Gasteiger partial charge in [0.05, 0.1) is 12.6 Å². The Hall–Kier alpha value is -0.780. The van der Waals surface area contributed by atoms with Gasteiger partial charge in [-0.25, -0.2) is 0 Å². The summed E-state index contributed by atoms with van der Waals surface area (Å²) in [7, 11) is 1.84. The van der Waals surface area contributed by atoms with Crippen LogP contribution >= 0.6 is 28.3 Å². The van der Waals surface area contributed by atoms with Crippen LogP contribution in [0.25, 0.3) is 0 Å². The number of carbonyl (C=O) groups excluding carboxylic acids is 1. The quantitative estimate of drug-likeness (QED) is 0.858. The zero-order valence-corrected chi connectivity index (χ0v) is 14.6. The van der Waals surface area contributed by atoms with Crippen molar-refractivity contribution < 1.29 is 9.53 Å². The maximum absolute atomic E-state index is 12.2. The second-order valence-electron chi connectivity index (χ2n) is 5.06. The fourth-order valence-electron chi connectivity index (χ4n) is 2.27. The minimum absolute atomic E-state index is 0. The van der Waals surface area contributed by atoms with Crippen LogP contribution in [0.5, 0.6) is 5.75 Å². The number of nitrogens with one attached hydrogen (secondary N) is 1. The summed E-state index contributed by atoms with van der Waals surface area (Å²) in [6.07, 6.45) is 3.24. The molecule has 1 aromatic rings. The maximum Gasteiger partial charge on any atom is 0.239 e. The molecule has 0 spiro atoms. The van der Waals surface area contributed by atoms with Gasteiger partial charge in [-0.15, -0.1) is 12.4 Å². The van der Waals surface area contributed by atoms with E-state index < -0.39 is 0 Å². The zero-order chi connectivity index (χ0) is 14.4. The van der Waals surface area contributed by atoms with Crippen molar-refractivity contribution in [2.24, 2.45) is 0 Å². The number of ether oxygens (including phenoxy) is 1. The lowest BCUT2D eigenvalue weighted by molar-refractivity contribution is -0.133. The molecule has 1 amide bonds. The number of carbonyl (C=O) groups is 1. The predicted octanol–water partition coefficient (Wildman–Crippen LogP) is 2.85. The van der Waals surface area contributed by atoms with Gasteiger partial charge in [0.25, 0.3) is 0 Å². The van der Waals surface area contributed by atoms with Gasteiger partial charge in [-0.2, -0.15) is 0 Å². The van der Waals surface area contributed by atoms with Crippen LogP contribution in [0.1, 0.15) is 19.3 Å². The van der Waals surface area contributed by atoms with E-state index in [-0.39, 0.29) is 24.4 Å². The molecule has 1 aromatic carbocycles. The third-order valence-corrected chi connectivity index (χ3v) is 4.02. The first-order valence-electron chi connectivity index (χ1n) is 7.03. The summed E-state index contributed by atoms with van der Waals surface area (Å²) in [4.78, 5) is 13.9. The number of likely N-dealkylation sites (N-methyl/N-ethyl adjacent to an activating group) is 1. The highest BCUT2D eigenvalue weighted by atomic mass is 79.9. The van der Waals surface area contributed by atoms with E-state index in [1.54, 1.807) is 4.90 Å². The first-order valence-corrected chi connectivity index (χ1v) is 7.83. The third kappa shape index (κ3) is 5.85. The normalized spacial score (nSPS) is 17.7. The topological polar surface area (TPSA) is 41.6 Å². The average Bonchev–Trinajstić information content (AvgIpc) is 2.49. The van der Waals surface area contributed by atoms with Crippen molar-refractivity contribution in [1.29, 1.82) is 0 Å². The van der Waals surface area contributed by atoms with Crippen molar-refractivity contribution in [3.63, 3.8) is 0 Å². The summed E-state index contributed by atoms with van der Waals surface area (Å²) in [5, 5.41) is 3.28. The number of rotatable bonds is 5. The van der Waals surface area contributed by atoms with E-state index in [1.807, 2.05) is 31.3 Å². The lowest BCUT2D eigenvalue weighted by atomic mass is 10.0. The molecule has 0 aromatic heterocycles. The van der Waals surface area contributed by atoms with Crippen LogP contribution in [0.2, 0.25) is 0 Å². The molecular formula is C15H22BrClN2O2. The fourth-order valence-corrected chi connectivity index (χ4v) is 2.53. The first kappa shape index (κ1) is 18.3. The largest absolute Gasteiger partial charge is 0.492 e. The summed E-state index contributed by atoms with van der Waals surface area (Å²) < 4.78 is 6.66. The molecule has 6 heteroatoms. The second kappa shape index (κ2) is 9.28. The van der Waals surface area contributed by atoms with Gasteiger partial charge >= 0.3 is 0 Å². The fraction of sp³-hybridized carbons (Fsp3) is 0.533. The van der Waals surface area contributed by atoms with Crippen LogP contribution in [-0.2, 0) is 4.79 Å². The standard InChI is InChI=1S/C15H21BrN2O2.ClH/c1-18(15(19)14-4-2-3-9-17-14)10-11-20-13-7-5-12(16)6-8-13;/h5-8,14,17H,2-4,9-11H2,1H3;1H/t14-;/m1./s1. The number of piperidine rings is 1. The molecule has 0 saturated carbocycles. The Morgan fingerprint density at radius 1 is 1.38 bits per heavy atom. The molecule has 1 aliphatic rings. The predicted molar refractivity (Wildman–Crippen MR) is 90.2 cm³/mol. The molecule has 1 saturated heterocycles. The Morgan fingerprint density at radius 2 is 2.10 bits per heavy atom. The van der Waals surface area contributed by atoms with Crippen LogP contribution in [-0.4, -0.2) is 43.6 Å². The number of nitrogens with zero attached hydrogens (tertiary/aromatic N) is 1. The first-order chi connectivity index (χ1) is 9.66. The van der Waals surface area contributed by atoms with E-state index in [9.17, 15) is 4.79 Å². The van der Waals surface area contributed by atoms with E-state index in [0.717, 1.165) is 29.6 Å². The second-order valence-corrected chi connectivity index (χ2v) is 5.98. The van der Waals surface area contributed by atoms with E-state index in [1.165, 1.54) is 6.42 Å². The van der Waals surface area contributed by atoms with Crippen molar-refractivity contribution in [1.82, 2.24) is 10.2 Å². The van der Waals surface area contributed by atoms with Crippen molar-refractivity contribution in [2.45, 2.75) is 25.3 Å². The van der Waals surface area contributed by atoms with E-state index in [0.29, 0.717) is 13.2 Å². The summed E-state index contributed by atoms with van der Waals surface area (Å²) >= 11 is 3.38. The lowest BCUT2D eigenvalue weighted by Gasteiger charge is -2.27. The van der Waals surface area contributed by atoms with Crippen LogP contribution in [0, 0.1) is 0 Å². The highest BCUT2D eigenvalue weighted by Crippen LogP contribution is 2.16. The minimum Gasteiger partial charge on any atom is -0.492 e. The van der Waals surface area contributed by atoms with Crippen molar-refractivity contribution in [2.75, 3.05) is 26.7 Å². The molecule has 1 N–H and O–H groups in total. The molecule has 1 heterocycles. The van der Waals surface area contributed by atoms with Gasteiger partial charge in [0.1, 0.15) is 12.4 Å². The van der Waals surface area contributed by atoms with Gasteiger partial charge in [0, 0.05) is 11.5 Å². The summed E-state index contributed by atoms with van der Waals surface area (Å²) in [5.74, 6) is 0.994. The summed E-state index contributed by atoms with van der Waals surface area (Å²) in [6.45, 7) is 2.06. The molecule has 0 bridgehead atoms. The van der Waals surface area contributed by atoms with Gasteiger partial charge in [0.15, 0.2) is 0 Å². The average molecular weight is 378 g/mol. The molecule has 2 rings (SSSR count). The molecule has 0 aliphatic carbocycles. The molecule has 21 heavy (non-hydrogen) atoms. The highest BCUT2D eigenvalue weighted by Gasteiger charge is 2.23. The third-order valence-electron chi connectivity index (χ3n) is 3.49. The number of hydrogen-bond donors (Lipinski definition) is 1. The Bertz CT molecular complexity index is 436. The van der Waals surface area contributed by atoms with Crippen LogP contribution in [0.4, 0.5) is 0 Å².